The third kappa shape index (κ3) is 78.9. The molecule has 0 aromatic rings. The Morgan fingerprint density at radius 3 is 0.220 bits per heavy atom. The van der Waals surface area contributed by atoms with E-state index in [0.717, 1.165) is 0 Å². The van der Waals surface area contributed by atoms with Gasteiger partial charge in [-0.2, -0.15) is 0 Å². The minimum Gasteiger partial charge on any atom is -3.00 e. The summed E-state index contributed by atoms with van der Waals surface area (Å²) in [5.41, 5.74) is 0. The maximum Gasteiger partial charge on any atom is 0.0786 e. The van der Waals surface area contributed by atoms with Gasteiger partial charge in [-0.15, -0.1) is 0 Å². The Labute approximate surface area is 639 Å². The van der Waals surface area contributed by atoms with E-state index in [0.29, 0.717) is 0 Å². The fourth-order valence-corrected chi connectivity index (χ4v) is 16.7. The Morgan fingerprint density at radius 1 is 0.0900 bits per heavy atom. The van der Waals surface area contributed by atoms with Crippen LogP contribution in [0.5, 0.6) is 0 Å². The van der Waals surface area contributed by atoms with Crippen molar-refractivity contribution in [2.24, 2.45) is 0 Å². The number of rotatable bonds is 84. The van der Waals surface area contributed by atoms with Gasteiger partial charge in [-0.1, -0.05) is 391 Å². The van der Waals surface area contributed by atoms with Crippen LogP contribution in [0.1, 0.15) is 545 Å². The predicted molar refractivity (Wildman–Crippen MR) is 463 cm³/mol. The smallest absolute Gasteiger partial charge is 0.0786 e. The molecule has 0 spiro atoms. The van der Waals surface area contributed by atoms with Crippen LogP contribution in [0.3, 0.4) is 0 Å². The molecular weight excluding hydrogens is 1210 g/mol. The molecule has 0 amide bonds. The minimum atomic E-state index is 0. The first-order valence-electron chi connectivity index (χ1n) is 48.3. The number of unbranched alkanes of at least 4 members (excludes halogenated alkanes) is 60. The highest BCUT2D eigenvalue weighted by Gasteiger charge is 2.29. The Balaban J connectivity index is -0.000000688. The summed E-state index contributed by atoms with van der Waals surface area (Å²) in [6.07, 6.45) is 104. The van der Waals surface area contributed by atoms with Crippen LogP contribution in [0.15, 0.2) is 0 Å². The summed E-state index contributed by atoms with van der Waals surface area (Å²) in [6, 6.07) is 0. The molecule has 0 saturated heterocycles. The molecule has 0 saturated carbocycles. The van der Waals surface area contributed by atoms with Crippen molar-refractivity contribution in [1.82, 2.24) is 0 Å². The van der Waals surface area contributed by atoms with Crippen molar-refractivity contribution in [2.45, 2.75) is 545 Å². The van der Waals surface area contributed by atoms with Crippen molar-refractivity contribution in [1.29, 1.82) is 0 Å². The minimum absolute atomic E-state index is 0. The molecule has 0 atom stereocenters. The topological polar surface area (TPSA) is 30.5 Å². The lowest BCUT2D eigenvalue weighted by molar-refractivity contribution is -0.929. The molecule has 0 rings (SSSR count). The molecule has 0 unspecified atom stereocenters. The quantitative estimate of drug-likeness (QED) is 0.0429. The highest BCUT2D eigenvalue weighted by Crippen LogP contribution is 2.25. The lowest BCUT2D eigenvalue weighted by atomic mass is 10.0. The van der Waals surface area contributed by atoms with Crippen molar-refractivity contribution < 1.29 is 13.4 Å². The first-order chi connectivity index (χ1) is 48.7. The van der Waals surface area contributed by atoms with Gasteiger partial charge in [-0.3, -0.25) is 0 Å². The van der Waals surface area contributed by atoms with Crippen molar-refractivity contribution in [2.75, 3.05) is 78.5 Å². The van der Waals surface area contributed by atoms with E-state index in [1.165, 1.54) is 554 Å². The normalized spacial score (nSPS) is 11.9. The molecule has 0 aromatic heterocycles. The van der Waals surface area contributed by atoms with Gasteiger partial charge >= 0.3 is 0 Å². The first-order valence-corrected chi connectivity index (χ1v) is 48.3. The maximum atomic E-state index is 2.34. The zero-order valence-electron chi connectivity index (χ0n) is 73.2. The van der Waals surface area contributed by atoms with Crippen LogP contribution in [0.25, 0.3) is 6.15 Å². The van der Waals surface area contributed by atoms with Crippen molar-refractivity contribution >= 4 is 0 Å². The average molecular weight is 1410 g/mol. The highest BCUT2D eigenvalue weighted by atomic mass is 15.4. The molecule has 0 fully saturated rings. The van der Waals surface area contributed by atoms with Crippen LogP contribution >= 0.6 is 0 Å². The molecule has 0 aliphatic rings. The van der Waals surface area contributed by atoms with Crippen molar-refractivity contribution in [3.63, 3.8) is 0 Å². The predicted octanol–water partition coefficient (Wildman–Crippen LogP) is 34.0. The van der Waals surface area contributed by atoms with E-state index >= 15 is 0 Å². The molecule has 0 aromatic carbocycles. The van der Waals surface area contributed by atoms with Crippen LogP contribution in [0, 0.1) is 0 Å². The summed E-state index contributed by atoms with van der Waals surface area (Å²) in [5.74, 6) is 0. The second kappa shape index (κ2) is 91.2. The summed E-state index contributed by atoms with van der Waals surface area (Å²) < 4.78 is 4.43. The van der Waals surface area contributed by atoms with Crippen LogP contribution in [0.4, 0.5) is 0 Å². The van der Waals surface area contributed by atoms with E-state index in [4.69, 9.17) is 0 Å². The number of hydrogen-bond acceptors (Lipinski definition) is 0. The van der Waals surface area contributed by atoms with Gasteiger partial charge in [0.25, 0.3) is 0 Å². The van der Waals surface area contributed by atoms with E-state index in [2.05, 4.69) is 83.1 Å². The second-order valence-corrected chi connectivity index (χ2v) is 33.9. The maximum absolute atomic E-state index is 2.34. The van der Waals surface area contributed by atoms with Gasteiger partial charge < -0.3 is 19.6 Å². The Hall–Kier alpha value is -0.160. The van der Waals surface area contributed by atoms with E-state index in [1.54, 1.807) is 0 Å². The fraction of sp³-hybridized carbons (Fsp3) is 1.00. The SMILES string of the molecule is CCCCCCCC[N+](CCCCCCCC)(CCCCCCCC)CCCCCCCC.CCCCCCCC[N+](CCCCCCCC)(CCCCCCCC)CCCCCCCC.CCCCCCCC[N+](CCCCCCCC)(CCCCCCCC)CCCCCCCC.[N-3]. The Kier molecular flexibility index (Phi) is 96.9. The number of quaternary nitrogens is 3. The van der Waals surface area contributed by atoms with E-state index in [9.17, 15) is 0 Å². The molecule has 0 bridgehead atoms. The average Bonchev–Trinajstić information content (AvgIpc) is 0.911. The van der Waals surface area contributed by atoms with Crippen molar-refractivity contribution in [3.05, 3.63) is 6.15 Å². The molecule has 100 heavy (non-hydrogen) atoms. The molecular formula is C96H204N4. The summed E-state index contributed by atoms with van der Waals surface area (Å²) in [6.45, 7) is 45.8. The lowest BCUT2D eigenvalue weighted by Crippen LogP contribution is -2.50. The van der Waals surface area contributed by atoms with Crippen LogP contribution < -0.4 is 0 Å². The van der Waals surface area contributed by atoms with Gasteiger partial charge in [-0.05, 0) is 154 Å². The summed E-state index contributed by atoms with van der Waals surface area (Å²) in [4.78, 5) is 0. The molecule has 0 heterocycles. The largest absolute Gasteiger partial charge is 3.00 e. The van der Waals surface area contributed by atoms with Crippen LogP contribution in [-0.4, -0.2) is 92.0 Å². The van der Waals surface area contributed by atoms with Gasteiger partial charge in [0.05, 0.1) is 78.5 Å². The van der Waals surface area contributed by atoms with E-state index in [1.807, 2.05) is 0 Å². The third-order valence-corrected chi connectivity index (χ3v) is 23.8. The molecule has 0 aliphatic heterocycles. The van der Waals surface area contributed by atoms with Crippen molar-refractivity contribution in [3.8, 4) is 0 Å². The van der Waals surface area contributed by atoms with Gasteiger partial charge in [-0.25, -0.2) is 0 Å². The molecule has 4 heteroatoms. The van der Waals surface area contributed by atoms with Gasteiger partial charge in [0.2, 0.25) is 0 Å². The summed E-state index contributed by atoms with van der Waals surface area (Å²) >= 11 is 0. The van der Waals surface area contributed by atoms with Gasteiger partial charge in [0.15, 0.2) is 0 Å². The van der Waals surface area contributed by atoms with E-state index in [-0.39, 0.29) is 6.15 Å². The summed E-state index contributed by atoms with van der Waals surface area (Å²) in [5, 5.41) is 0. The molecule has 0 radical (unpaired) electrons. The molecule has 0 N–H and O–H groups in total. The Bertz CT molecular complexity index is 1010. The second-order valence-electron chi connectivity index (χ2n) is 33.9. The molecule has 608 valence electrons. The van der Waals surface area contributed by atoms with Gasteiger partial charge in [0, 0.05) is 0 Å². The number of nitrogens with zero attached hydrogens (tertiary/aromatic N) is 4. The summed E-state index contributed by atoms with van der Waals surface area (Å²) in [7, 11) is 0. The van der Waals surface area contributed by atoms with E-state index < -0.39 is 0 Å². The zero-order valence-corrected chi connectivity index (χ0v) is 73.2. The Morgan fingerprint density at radius 2 is 0.150 bits per heavy atom. The molecule has 4 nitrogen and oxygen atoms in total. The third-order valence-electron chi connectivity index (χ3n) is 23.8. The lowest BCUT2D eigenvalue weighted by Gasteiger charge is -3.00. The number of hydrogen-bond donors (Lipinski definition) is 0. The van der Waals surface area contributed by atoms with Crippen LogP contribution in [-0.2, 0) is 0 Å². The molecule has 0 aliphatic carbocycles. The highest BCUT2D eigenvalue weighted by molar-refractivity contribution is 4.60. The van der Waals surface area contributed by atoms with Crippen LogP contribution in [0.2, 0.25) is 0 Å². The van der Waals surface area contributed by atoms with Gasteiger partial charge in [0.1, 0.15) is 0 Å². The fourth-order valence-electron chi connectivity index (χ4n) is 16.7. The monoisotopic (exact) mass is 1410 g/mol. The standard InChI is InChI=1S/3C32H68N.N/c3*1-5-9-13-17-21-25-29-33(30-26-22-18-14-10-6-2,31-27-23-19-15-11-7-3)32-28-24-20-16-12-8-4;/h3*5-32H2,1-4H3;/q3*+1;-3. The zero-order chi connectivity index (χ0) is 72.9. The first kappa shape index (κ1) is 106.